The van der Waals surface area contributed by atoms with Crippen LogP contribution < -0.4 is 0 Å². The quantitative estimate of drug-likeness (QED) is 0.641. The Morgan fingerprint density at radius 1 is 1.05 bits per heavy atom. The minimum Gasteiger partial charge on any atom is -0.115 e. The van der Waals surface area contributed by atoms with Gasteiger partial charge < -0.3 is 0 Å². The highest BCUT2D eigenvalue weighted by Gasteiger charge is 2.61. The van der Waals surface area contributed by atoms with Crippen LogP contribution in [0.1, 0.15) is 57.1 Å². The van der Waals surface area contributed by atoms with Crippen LogP contribution in [0.4, 0.5) is 0 Å². The first kappa shape index (κ1) is 12.5. The maximum atomic E-state index is 5.81. The van der Waals surface area contributed by atoms with E-state index in [0.29, 0.717) is 10.8 Å². The zero-order valence-electron chi connectivity index (χ0n) is 12.7. The molecule has 20 heavy (non-hydrogen) atoms. The summed E-state index contributed by atoms with van der Waals surface area (Å²) >= 11 is 0. The SMILES string of the molecule is C#Cc1ccccc1C12CC3CC(CC(C3)C1(C)C)C2. The van der Waals surface area contributed by atoms with Crippen molar-refractivity contribution in [2.24, 2.45) is 23.2 Å². The van der Waals surface area contributed by atoms with Crippen LogP contribution in [-0.2, 0) is 5.41 Å². The van der Waals surface area contributed by atoms with Gasteiger partial charge in [0.2, 0.25) is 0 Å². The highest BCUT2D eigenvalue weighted by molar-refractivity contribution is 5.47. The van der Waals surface area contributed by atoms with Crippen molar-refractivity contribution >= 4 is 0 Å². The van der Waals surface area contributed by atoms with Gasteiger partial charge in [-0.15, -0.1) is 6.42 Å². The van der Waals surface area contributed by atoms with Crippen LogP contribution in [0.3, 0.4) is 0 Å². The van der Waals surface area contributed by atoms with Gasteiger partial charge in [-0.05, 0) is 66.9 Å². The summed E-state index contributed by atoms with van der Waals surface area (Å²) in [7, 11) is 0. The second kappa shape index (κ2) is 3.91. The number of rotatable bonds is 1. The Morgan fingerprint density at radius 2 is 1.70 bits per heavy atom. The first-order valence-electron chi connectivity index (χ1n) is 8.13. The normalized spacial score (nSPS) is 40.5. The van der Waals surface area contributed by atoms with E-state index in [4.69, 9.17) is 6.42 Å². The lowest BCUT2D eigenvalue weighted by atomic mass is 9.38. The summed E-state index contributed by atoms with van der Waals surface area (Å²) in [6, 6.07) is 8.74. The van der Waals surface area contributed by atoms with Gasteiger partial charge in [-0.3, -0.25) is 0 Å². The summed E-state index contributed by atoms with van der Waals surface area (Å²) in [4.78, 5) is 0. The third-order valence-electron chi connectivity index (χ3n) is 7.03. The van der Waals surface area contributed by atoms with E-state index in [1.165, 1.54) is 37.7 Å². The molecule has 4 aliphatic carbocycles. The van der Waals surface area contributed by atoms with E-state index in [9.17, 15) is 0 Å². The summed E-state index contributed by atoms with van der Waals surface area (Å²) < 4.78 is 0. The summed E-state index contributed by atoms with van der Waals surface area (Å²) in [6.07, 6.45) is 12.9. The van der Waals surface area contributed by atoms with Gasteiger partial charge >= 0.3 is 0 Å². The van der Waals surface area contributed by atoms with Crippen LogP contribution in [0.5, 0.6) is 0 Å². The predicted molar refractivity (Wildman–Crippen MR) is 83.4 cm³/mol. The van der Waals surface area contributed by atoms with Gasteiger partial charge in [0.15, 0.2) is 0 Å². The summed E-state index contributed by atoms with van der Waals surface area (Å²) in [5.74, 6) is 5.76. The molecule has 1 aromatic rings. The third-order valence-corrected chi connectivity index (χ3v) is 7.03. The molecule has 0 aliphatic heterocycles. The zero-order chi connectivity index (χ0) is 14.0. The average molecular weight is 264 g/mol. The lowest BCUT2D eigenvalue weighted by Crippen LogP contribution is -2.60. The molecular formula is C20H24. The topological polar surface area (TPSA) is 0 Å². The Hall–Kier alpha value is -1.22. The molecule has 0 radical (unpaired) electrons. The molecule has 104 valence electrons. The molecule has 0 heterocycles. The average Bonchev–Trinajstić information content (AvgIpc) is 2.44. The highest BCUT2D eigenvalue weighted by Crippen LogP contribution is 2.68. The van der Waals surface area contributed by atoms with Crippen LogP contribution in [-0.4, -0.2) is 0 Å². The van der Waals surface area contributed by atoms with Crippen molar-refractivity contribution in [1.29, 1.82) is 0 Å². The highest BCUT2D eigenvalue weighted by atomic mass is 14.7. The minimum absolute atomic E-state index is 0.338. The summed E-state index contributed by atoms with van der Waals surface area (Å²) in [5.41, 5.74) is 3.35. The van der Waals surface area contributed by atoms with Crippen LogP contribution in [0.2, 0.25) is 0 Å². The van der Waals surface area contributed by atoms with Gasteiger partial charge in [-0.1, -0.05) is 38.0 Å². The molecule has 0 amide bonds. The molecule has 0 spiro atoms. The second-order valence-electron chi connectivity index (χ2n) is 8.04. The maximum absolute atomic E-state index is 5.81. The van der Waals surface area contributed by atoms with Crippen molar-refractivity contribution < 1.29 is 0 Å². The van der Waals surface area contributed by atoms with E-state index < -0.39 is 0 Å². The predicted octanol–water partition coefficient (Wildman–Crippen LogP) is 4.77. The van der Waals surface area contributed by atoms with Gasteiger partial charge in [0.1, 0.15) is 0 Å². The molecule has 4 fully saturated rings. The molecule has 0 nitrogen and oxygen atoms in total. The van der Waals surface area contributed by atoms with Gasteiger partial charge in [-0.25, -0.2) is 0 Å². The fraction of sp³-hybridized carbons (Fsp3) is 0.600. The number of hydrogen-bond acceptors (Lipinski definition) is 0. The molecule has 4 saturated carbocycles. The van der Waals surface area contributed by atoms with Crippen LogP contribution in [0.15, 0.2) is 24.3 Å². The molecule has 2 unspecified atom stereocenters. The molecule has 5 rings (SSSR count). The van der Waals surface area contributed by atoms with Gasteiger partial charge in [0.25, 0.3) is 0 Å². The van der Waals surface area contributed by atoms with Crippen molar-refractivity contribution in [2.45, 2.75) is 51.4 Å². The lowest BCUT2D eigenvalue weighted by Gasteiger charge is -2.66. The van der Waals surface area contributed by atoms with Crippen molar-refractivity contribution in [2.75, 3.05) is 0 Å². The van der Waals surface area contributed by atoms with E-state index in [1.54, 1.807) is 0 Å². The van der Waals surface area contributed by atoms with Crippen LogP contribution >= 0.6 is 0 Å². The van der Waals surface area contributed by atoms with E-state index in [0.717, 1.165) is 23.3 Å². The molecule has 1 aromatic carbocycles. The molecule has 4 bridgehead atoms. The van der Waals surface area contributed by atoms with Gasteiger partial charge in [-0.2, -0.15) is 0 Å². The molecule has 4 aliphatic rings. The standard InChI is InChI=1S/C20H24/c1-4-16-7-5-6-8-18(16)20-12-14-9-15(13-20)11-17(10-14)19(20,2)3/h1,5-8,14-15,17H,9-13H2,2-3H3. The fourth-order valence-electron chi connectivity index (χ4n) is 6.07. The Bertz CT molecular complexity index is 572. The first-order valence-corrected chi connectivity index (χ1v) is 8.13. The van der Waals surface area contributed by atoms with E-state index in [1.807, 2.05) is 0 Å². The van der Waals surface area contributed by atoms with E-state index in [-0.39, 0.29) is 0 Å². The maximum Gasteiger partial charge on any atom is 0.0280 e. The molecule has 0 aromatic heterocycles. The van der Waals surface area contributed by atoms with Crippen molar-refractivity contribution in [3.63, 3.8) is 0 Å². The van der Waals surface area contributed by atoms with Crippen LogP contribution in [0, 0.1) is 35.5 Å². The monoisotopic (exact) mass is 264 g/mol. The number of benzene rings is 1. The smallest absolute Gasteiger partial charge is 0.0280 e. The van der Waals surface area contributed by atoms with Crippen molar-refractivity contribution in [3.8, 4) is 12.3 Å². The largest absolute Gasteiger partial charge is 0.115 e. The summed E-state index contributed by atoms with van der Waals surface area (Å²) in [5, 5.41) is 0. The number of hydrogen-bond donors (Lipinski definition) is 0. The zero-order valence-corrected chi connectivity index (χ0v) is 12.7. The fourth-order valence-corrected chi connectivity index (χ4v) is 6.07. The van der Waals surface area contributed by atoms with Crippen molar-refractivity contribution in [1.82, 2.24) is 0 Å². The summed E-state index contributed by atoms with van der Waals surface area (Å²) in [6.45, 7) is 5.03. The van der Waals surface area contributed by atoms with Gasteiger partial charge in [0.05, 0.1) is 0 Å². The Labute approximate surface area is 123 Å². The molecule has 2 atom stereocenters. The molecular weight excluding hydrogens is 240 g/mol. The lowest BCUT2D eigenvalue weighted by molar-refractivity contribution is -0.113. The molecule has 0 N–H and O–H groups in total. The van der Waals surface area contributed by atoms with Gasteiger partial charge in [0, 0.05) is 11.0 Å². The molecule has 0 heteroatoms. The minimum atomic E-state index is 0.338. The van der Waals surface area contributed by atoms with Crippen LogP contribution in [0.25, 0.3) is 0 Å². The third kappa shape index (κ3) is 1.39. The Kier molecular flexibility index (Phi) is 2.45. The number of terminal acetylenes is 1. The first-order chi connectivity index (χ1) is 9.57. The molecule has 0 saturated heterocycles. The Morgan fingerprint density at radius 3 is 2.35 bits per heavy atom. The van der Waals surface area contributed by atoms with Crippen molar-refractivity contribution in [3.05, 3.63) is 35.4 Å². The van der Waals surface area contributed by atoms with E-state index in [2.05, 4.69) is 44.0 Å². The Balaban J connectivity index is 1.92. The van der Waals surface area contributed by atoms with E-state index >= 15 is 0 Å². The second-order valence-corrected chi connectivity index (χ2v) is 8.04.